The molecule has 2 fully saturated rings. The zero-order chi connectivity index (χ0) is 14.6. The Labute approximate surface area is 121 Å². The van der Waals surface area contributed by atoms with Gasteiger partial charge in [-0.25, -0.2) is 8.42 Å². The lowest BCUT2D eigenvalue weighted by molar-refractivity contribution is -0.154. The topological polar surface area (TPSA) is 72.5 Å². The molecule has 1 aliphatic heterocycles. The molecule has 0 aromatic rings. The van der Waals surface area contributed by atoms with Crippen LogP contribution in [0.2, 0.25) is 0 Å². The average molecular weight is 303 g/mol. The van der Waals surface area contributed by atoms with Crippen molar-refractivity contribution < 1.29 is 17.9 Å². The first-order chi connectivity index (χ1) is 9.50. The smallest absolute Gasteiger partial charge is 0.307 e. The highest BCUT2D eigenvalue weighted by atomic mass is 32.2. The Kier molecular flexibility index (Phi) is 5.43. The van der Waals surface area contributed by atoms with Crippen LogP contribution in [0.1, 0.15) is 45.4 Å². The van der Waals surface area contributed by atoms with Gasteiger partial charge < -0.3 is 10.1 Å². The summed E-state index contributed by atoms with van der Waals surface area (Å²) < 4.78 is 28.7. The molecule has 0 aromatic heterocycles. The lowest BCUT2D eigenvalue weighted by Crippen LogP contribution is -2.46. The third-order valence-electron chi connectivity index (χ3n) is 4.36. The number of rotatable bonds is 4. The summed E-state index contributed by atoms with van der Waals surface area (Å²) in [6.07, 6.45) is 5.63. The van der Waals surface area contributed by atoms with E-state index in [9.17, 15) is 13.2 Å². The maximum Gasteiger partial charge on any atom is 0.307 e. The normalized spacial score (nSPS) is 33.5. The summed E-state index contributed by atoms with van der Waals surface area (Å²) in [4.78, 5) is 12.0. The van der Waals surface area contributed by atoms with Crippen molar-refractivity contribution in [1.29, 1.82) is 0 Å². The summed E-state index contributed by atoms with van der Waals surface area (Å²) in [6, 6.07) is -0.287. The van der Waals surface area contributed by atoms with E-state index in [-0.39, 0.29) is 36.0 Å². The zero-order valence-corrected chi connectivity index (χ0v) is 13.0. The molecule has 6 heteroatoms. The summed E-state index contributed by atoms with van der Waals surface area (Å²) in [6.45, 7) is 2.56. The van der Waals surface area contributed by atoms with Crippen molar-refractivity contribution in [3.8, 4) is 0 Å². The molecule has 0 amide bonds. The second-order valence-electron chi connectivity index (χ2n) is 5.95. The van der Waals surface area contributed by atoms with E-state index >= 15 is 0 Å². The maximum absolute atomic E-state index is 12.0. The maximum atomic E-state index is 12.0. The second kappa shape index (κ2) is 6.89. The van der Waals surface area contributed by atoms with Gasteiger partial charge in [0.1, 0.15) is 6.10 Å². The second-order valence-corrected chi connectivity index (χ2v) is 8.18. The lowest BCUT2D eigenvalue weighted by Gasteiger charge is -2.31. The van der Waals surface area contributed by atoms with Gasteiger partial charge in [0.15, 0.2) is 9.84 Å². The molecule has 0 spiro atoms. The SMILES string of the molecule is CCC1CCCCC1OC(=O)CC1CS(=O)(=O)CCN1. The highest BCUT2D eigenvalue weighted by molar-refractivity contribution is 7.91. The summed E-state index contributed by atoms with van der Waals surface area (Å²) in [5.41, 5.74) is 0. The predicted octanol–water partition coefficient (Wildman–Crippen LogP) is 1.28. The van der Waals surface area contributed by atoms with E-state index < -0.39 is 9.84 Å². The first kappa shape index (κ1) is 15.8. The fraction of sp³-hybridized carbons (Fsp3) is 0.929. The lowest BCUT2D eigenvalue weighted by atomic mass is 9.85. The van der Waals surface area contributed by atoms with E-state index in [2.05, 4.69) is 12.2 Å². The number of ether oxygens (including phenoxy) is 1. The van der Waals surface area contributed by atoms with E-state index in [1.807, 2.05) is 0 Å². The van der Waals surface area contributed by atoms with Crippen LogP contribution in [0.3, 0.4) is 0 Å². The number of carbonyl (C=O) groups excluding carboxylic acids is 1. The van der Waals surface area contributed by atoms with E-state index in [1.165, 1.54) is 6.42 Å². The highest BCUT2D eigenvalue weighted by Crippen LogP contribution is 2.29. The molecule has 1 aliphatic carbocycles. The van der Waals surface area contributed by atoms with Gasteiger partial charge in [0.05, 0.1) is 17.9 Å². The van der Waals surface area contributed by atoms with E-state index in [0.29, 0.717) is 12.5 Å². The Balaban J connectivity index is 1.82. The van der Waals surface area contributed by atoms with Gasteiger partial charge in [-0.2, -0.15) is 0 Å². The van der Waals surface area contributed by atoms with Crippen LogP contribution in [0.25, 0.3) is 0 Å². The van der Waals surface area contributed by atoms with Crippen LogP contribution in [0.15, 0.2) is 0 Å². The van der Waals surface area contributed by atoms with Crippen molar-refractivity contribution >= 4 is 15.8 Å². The van der Waals surface area contributed by atoms with Gasteiger partial charge in [-0.3, -0.25) is 4.79 Å². The van der Waals surface area contributed by atoms with Gasteiger partial charge in [0.25, 0.3) is 0 Å². The van der Waals surface area contributed by atoms with Crippen LogP contribution >= 0.6 is 0 Å². The number of carbonyl (C=O) groups is 1. The highest BCUT2D eigenvalue weighted by Gasteiger charge is 2.30. The first-order valence-electron chi connectivity index (χ1n) is 7.63. The molecular weight excluding hydrogens is 278 g/mol. The summed E-state index contributed by atoms with van der Waals surface area (Å²) >= 11 is 0. The minimum absolute atomic E-state index is 0.0291. The molecule has 3 unspecified atom stereocenters. The fourth-order valence-corrected chi connectivity index (χ4v) is 4.66. The third kappa shape index (κ3) is 4.45. The van der Waals surface area contributed by atoms with Gasteiger partial charge in [-0.1, -0.05) is 13.3 Å². The molecule has 1 N–H and O–H groups in total. The molecule has 2 aliphatic rings. The molecule has 1 saturated heterocycles. The molecule has 1 heterocycles. The van der Waals surface area contributed by atoms with Crippen molar-refractivity contribution in [2.45, 2.75) is 57.6 Å². The summed E-state index contributed by atoms with van der Waals surface area (Å²) in [5.74, 6) is 0.420. The van der Waals surface area contributed by atoms with Crippen molar-refractivity contribution in [3.63, 3.8) is 0 Å². The van der Waals surface area contributed by atoms with Crippen molar-refractivity contribution in [2.75, 3.05) is 18.1 Å². The fourth-order valence-electron chi connectivity index (χ4n) is 3.21. The molecule has 3 atom stereocenters. The van der Waals surface area contributed by atoms with Gasteiger partial charge in [0, 0.05) is 12.6 Å². The van der Waals surface area contributed by atoms with Crippen molar-refractivity contribution in [2.24, 2.45) is 5.92 Å². The number of nitrogens with one attached hydrogen (secondary N) is 1. The van der Waals surface area contributed by atoms with Crippen LogP contribution in [-0.2, 0) is 19.4 Å². The van der Waals surface area contributed by atoms with Gasteiger partial charge in [0.2, 0.25) is 0 Å². The Morgan fingerprint density at radius 1 is 1.30 bits per heavy atom. The van der Waals surface area contributed by atoms with Crippen molar-refractivity contribution in [1.82, 2.24) is 5.32 Å². The van der Waals surface area contributed by atoms with E-state index in [1.54, 1.807) is 0 Å². The van der Waals surface area contributed by atoms with E-state index in [4.69, 9.17) is 4.74 Å². The standard InChI is InChI=1S/C14H25NO4S/c1-2-11-5-3-4-6-13(11)19-14(16)9-12-10-20(17,18)8-7-15-12/h11-13,15H,2-10H2,1H3. The number of sulfone groups is 1. The Hall–Kier alpha value is -0.620. The Morgan fingerprint density at radius 3 is 2.75 bits per heavy atom. The summed E-state index contributed by atoms with van der Waals surface area (Å²) in [5, 5.41) is 3.09. The van der Waals surface area contributed by atoms with Crippen LogP contribution < -0.4 is 5.32 Å². The number of hydrogen-bond acceptors (Lipinski definition) is 5. The summed E-state index contributed by atoms with van der Waals surface area (Å²) in [7, 11) is -3.00. The molecule has 2 rings (SSSR count). The minimum atomic E-state index is -3.00. The Morgan fingerprint density at radius 2 is 2.05 bits per heavy atom. The predicted molar refractivity (Wildman–Crippen MR) is 77.2 cm³/mol. The van der Waals surface area contributed by atoms with Crippen LogP contribution in [0, 0.1) is 5.92 Å². The molecule has 116 valence electrons. The van der Waals surface area contributed by atoms with Crippen LogP contribution in [-0.4, -0.2) is 44.6 Å². The molecular formula is C14H25NO4S. The first-order valence-corrected chi connectivity index (χ1v) is 9.45. The van der Waals surface area contributed by atoms with Gasteiger partial charge in [-0.05, 0) is 31.6 Å². The number of hydrogen-bond donors (Lipinski definition) is 1. The van der Waals surface area contributed by atoms with Gasteiger partial charge in [-0.15, -0.1) is 0 Å². The number of esters is 1. The third-order valence-corrected chi connectivity index (χ3v) is 6.10. The van der Waals surface area contributed by atoms with E-state index in [0.717, 1.165) is 25.7 Å². The quantitative estimate of drug-likeness (QED) is 0.792. The van der Waals surface area contributed by atoms with Gasteiger partial charge >= 0.3 is 5.97 Å². The molecule has 1 saturated carbocycles. The van der Waals surface area contributed by atoms with Crippen molar-refractivity contribution in [3.05, 3.63) is 0 Å². The largest absolute Gasteiger partial charge is 0.462 e. The molecule has 0 aromatic carbocycles. The molecule has 5 nitrogen and oxygen atoms in total. The van der Waals surface area contributed by atoms with Crippen LogP contribution in [0.4, 0.5) is 0 Å². The monoisotopic (exact) mass is 303 g/mol. The van der Waals surface area contributed by atoms with Crippen LogP contribution in [0.5, 0.6) is 0 Å². The molecule has 0 radical (unpaired) electrons. The average Bonchev–Trinajstić information content (AvgIpc) is 2.38. The molecule has 20 heavy (non-hydrogen) atoms. The minimum Gasteiger partial charge on any atom is -0.462 e. The Bertz CT molecular complexity index is 434. The molecule has 0 bridgehead atoms. The zero-order valence-electron chi connectivity index (χ0n) is 12.1.